The lowest BCUT2D eigenvalue weighted by Gasteiger charge is -2.24. The Morgan fingerprint density at radius 2 is 1.67 bits per heavy atom. The van der Waals surface area contributed by atoms with E-state index in [0.29, 0.717) is 0 Å². The zero-order chi connectivity index (χ0) is 12.8. The Bertz CT molecular complexity index is 380. The highest BCUT2D eigenvalue weighted by Crippen LogP contribution is 2.31. The number of aryl methyl sites for hydroxylation is 1. The molecular weight excluding hydrogens is 216 g/mol. The SMILES string of the molecule is C/C(CCc1ccccc1)=C(\C)C1CCCCC1. The minimum absolute atomic E-state index is 0.884. The molecule has 2 rings (SSSR count). The monoisotopic (exact) mass is 242 g/mol. The Labute approximate surface area is 112 Å². The molecule has 0 heteroatoms. The molecule has 18 heavy (non-hydrogen) atoms. The molecule has 1 saturated carbocycles. The minimum Gasteiger partial charge on any atom is -0.0738 e. The van der Waals surface area contributed by atoms with Gasteiger partial charge in [0.1, 0.15) is 0 Å². The van der Waals surface area contributed by atoms with Gasteiger partial charge in [-0.2, -0.15) is 0 Å². The number of hydrogen-bond donors (Lipinski definition) is 0. The number of rotatable bonds is 4. The molecule has 0 radical (unpaired) electrons. The van der Waals surface area contributed by atoms with Crippen LogP contribution in [0.4, 0.5) is 0 Å². The molecule has 1 aliphatic carbocycles. The van der Waals surface area contributed by atoms with Crippen LogP contribution in [0.1, 0.15) is 57.9 Å². The molecule has 0 nitrogen and oxygen atoms in total. The van der Waals surface area contributed by atoms with E-state index in [1.807, 2.05) is 0 Å². The first-order chi connectivity index (χ1) is 8.77. The molecule has 0 atom stereocenters. The molecule has 0 aliphatic heterocycles. The third-order valence-electron chi connectivity index (χ3n) is 4.52. The van der Waals surface area contributed by atoms with E-state index in [1.54, 1.807) is 11.1 Å². The first-order valence-corrected chi connectivity index (χ1v) is 7.47. The van der Waals surface area contributed by atoms with Crippen molar-refractivity contribution in [3.63, 3.8) is 0 Å². The van der Waals surface area contributed by atoms with Crippen LogP contribution in [0.25, 0.3) is 0 Å². The second-order valence-corrected chi connectivity index (χ2v) is 5.78. The zero-order valence-corrected chi connectivity index (χ0v) is 11.9. The third kappa shape index (κ3) is 3.73. The molecule has 1 fully saturated rings. The predicted octanol–water partition coefficient (Wildman–Crippen LogP) is 5.54. The lowest BCUT2D eigenvalue weighted by molar-refractivity contribution is 0.400. The van der Waals surface area contributed by atoms with Gasteiger partial charge >= 0.3 is 0 Å². The van der Waals surface area contributed by atoms with Crippen LogP contribution in [0, 0.1) is 5.92 Å². The van der Waals surface area contributed by atoms with Gasteiger partial charge in [0.25, 0.3) is 0 Å². The molecule has 0 N–H and O–H groups in total. The summed E-state index contributed by atoms with van der Waals surface area (Å²) in [6.07, 6.45) is 9.60. The van der Waals surface area contributed by atoms with Gasteiger partial charge in [-0.1, -0.05) is 60.7 Å². The smallest absolute Gasteiger partial charge is 0.0203 e. The largest absolute Gasteiger partial charge is 0.0738 e. The van der Waals surface area contributed by atoms with Crippen molar-refractivity contribution in [2.45, 2.75) is 58.8 Å². The summed E-state index contributed by atoms with van der Waals surface area (Å²) in [6, 6.07) is 10.9. The molecule has 1 aliphatic rings. The first kappa shape index (κ1) is 13.4. The Morgan fingerprint density at radius 1 is 1.00 bits per heavy atom. The number of benzene rings is 1. The van der Waals surface area contributed by atoms with Crippen molar-refractivity contribution in [2.24, 2.45) is 5.92 Å². The van der Waals surface area contributed by atoms with Gasteiger partial charge in [-0.15, -0.1) is 0 Å². The van der Waals surface area contributed by atoms with E-state index in [4.69, 9.17) is 0 Å². The van der Waals surface area contributed by atoms with Crippen molar-refractivity contribution in [3.05, 3.63) is 47.0 Å². The summed E-state index contributed by atoms with van der Waals surface area (Å²) in [7, 11) is 0. The zero-order valence-electron chi connectivity index (χ0n) is 11.9. The maximum Gasteiger partial charge on any atom is -0.0203 e. The molecule has 0 bridgehead atoms. The molecule has 0 aromatic heterocycles. The van der Waals surface area contributed by atoms with Crippen LogP contribution >= 0.6 is 0 Å². The summed E-state index contributed by atoms with van der Waals surface area (Å²) in [5.41, 5.74) is 4.78. The van der Waals surface area contributed by atoms with Crippen molar-refractivity contribution in [1.29, 1.82) is 0 Å². The quantitative estimate of drug-likeness (QED) is 0.608. The molecule has 0 unspecified atom stereocenters. The van der Waals surface area contributed by atoms with E-state index in [2.05, 4.69) is 44.2 Å². The third-order valence-corrected chi connectivity index (χ3v) is 4.52. The van der Waals surface area contributed by atoms with Gasteiger partial charge in [-0.25, -0.2) is 0 Å². The molecule has 1 aromatic rings. The van der Waals surface area contributed by atoms with Crippen molar-refractivity contribution in [1.82, 2.24) is 0 Å². The fraction of sp³-hybridized carbons (Fsp3) is 0.556. The van der Waals surface area contributed by atoms with Gasteiger partial charge in [-0.05, 0) is 51.0 Å². The first-order valence-electron chi connectivity index (χ1n) is 7.47. The lowest BCUT2D eigenvalue weighted by Crippen LogP contribution is -2.09. The topological polar surface area (TPSA) is 0 Å². The highest BCUT2D eigenvalue weighted by molar-refractivity contribution is 5.19. The van der Waals surface area contributed by atoms with Gasteiger partial charge in [0.05, 0.1) is 0 Å². The fourth-order valence-corrected chi connectivity index (χ4v) is 3.06. The summed E-state index contributed by atoms with van der Waals surface area (Å²) >= 11 is 0. The fourth-order valence-electron chi connectivity index (χ4n) is 3.06. The van der Waals surface area contributed by atoms with Crippen molar-refractivity contribution >= 4 is 0 Å². The second-order valence-electron chi connectivity index (χ2n) is 5.78. The second kappa shape index (κ2) is 6.78. The van der Waals surface area contributed by atoms with Crippen LogP contribution in [-0.2, 0) is 6.42 Å². The van der Waals surface area contributed by atoms with Crippen molar-refractivity contribution in [3.8, 4) is 0 Å². The van der Waals surface area contributed by atoms with Gasteiger partial charge in [0.15, 0.2) is 0 Å². The summed E-state index contributed by atoms with van der Waals surface area (Å²) in [4.78, 5) is 0. The van der Waals surface area contributed by atoms with Crippen LogP contribution in [0.15, 0.2) is 41.5 Å². The van der Waals surface area contributed by atoms with Crippen molar-refractivity contribution < 1.29 is 0 Å². The Balaban J connectivity index is 1.91. The summed E-state index contributed by atoms with van der Waals surface area (Å²) < 4.78 is 0. The Hall–Kier alpha value is -1.04. The van der Waals surface area contributed by atoms with E-state index in [-0.39, 0.29) is 0 Å². The predicted molar refractivity (Wildman–Crippen MR) is 79.7 cm³/mol. The Kier molecular flexibility index (Phi) is 5.04. The standard InChI is InChI=1S/C18H26/c1-15(13-14-17-9-5-3-6-10-17)16(2)18-11-7-4-8-12-18/h3,5-6,9-10,18H,4,7-8,11-14H2,1-2H3/b16-15-. The minimum atomic E-state index is 0.884. The normalized spacial score (nSPS) is 18.6. The van der Waals surface area contributed by atoms with Gasteiger partial charge in [0.2, 0.25) is 0 Å². The summed E-state index contributed by atoms with van der Waals surface area (Å²) in [5.74, 6) is 0.884. The number of allylic oxidation sites excluding steroid dienone is 2. The van der Waals surface area contributed by atoms with Crippen LogP contribution in [0.3, 0.4) is 0 Å². The van der Waals surface area contributed by atoms with E-state index in [9.17, 15) is 0 Å². The number of hydrogen-bond acceptors (Lipinski definition) is 0. The van der Waals surface area contributed by atoms with Crippen LogP contribution < -0.4 is 0 Å². The molecular formula is C18H26. The highest BCUT2D eigenvalue weighted by Gasteiger charge is 2.16. The molecule has 98 valence electrons. The van der Waals surface area contributed by atoms with E-state index in [1.165, 1.54) is 50.5 Å². The maximum absolute atomic E-state index is 2.37. The molecule has 0 heterocycles. The molecule has 0 saturated heterocycles. The van der Waals surface area contributed by atoms with Gasteiger partial charge in [-0.3, -0.25) is 0 Å². The average Bonchev–Trinajstić information content (AvgIpc) is 2.46. The summed E-state index contributed by atoms with van der Waals surface area (Å²) in [6.45, 7) is 4.71. The maximum atomic E-state index is 2.37. The summed E-state index contributed by atoms with van der Waals surface area (Å²) in [5, 5.41) is 0. The van der Waals surface area contributed by atoms with E-state index < -0.39 is 0 Å². The van der Waals surface area contributed by atoms with Crippen LogP contribution in [-0.4, -0.2) is 0 Å². The lowest BCUT2D eigenvalue weighted by atomic mass is 9.82. The highest BCUT2D eigenvalue weighted by atomic mass is 14.2. The van der Waals surface area contributed by atoms with Crippen LogP contribution in [0.2, 0.25) is 0 Å². The van der Waals surface area contributed by atoms with Gasteiger partial charge in [0, 0.05) is 0 Å². The van der Waals surface area contributed by atoms with Crippen molar-refractivity contribution in [2.75, 3.05) is 0 Å². The molecule has 0 amide bonds. The molecule has 0 spiro atoms. The van der Waals surface area contributed by atoms with Crippen LogP contribution in [0.5, 0.6) is 0 Å². The molecule has 1 aromatic carbocycles. The van der Waals surface area contributed by atoms with Gasteiger partial charge < -0.3 is 0 Å². The average molecular weight is 242 g/mol. The van der Waals surface area contributed by atoms with E-state index in [0.717, 1.165) is 5.92 Å². The Morgan fingerprint density at radius 3 is 2.33 bits per heavy atom. The van der Waals surface area contributed by atoms with E-state index >= 15 is 0 Å².